The van der Waals surface area contributed by atoms with Crippen molar-refractivity contribution in [3.63, 3.8) is 0 Å². The van der Waals surface area contributed by atoms with Gasteiger partial charge < -0.3 is 4.90 Å². The zero-order valence-corrected chi connectivity index (χ0v) is 19.3. The molecule has 12 heteroatoms. The number of carbonyl (C=O) groups is 1. The minimum absolute atomic E-state index is 0.00230. The van der Waals surface area contributed by atoms with Crippen LogP contribution in [0.5, 0.6) is 0 Å². The highest BCUT2D eigenvalue weighted by atomic mass is 32.2. The molecule has 0 spiro atoms. The van der Waals surface area contributed by atoms with Gasteiger partial charge in [0.05, 0.1) is 28.5 Å². The zero-order chi connectivity index (χ0) is 23.4. The van der Waals surface area contributed by atoms with E-state index in [4.69, 9.17) is 0 Å². The van der Waals surface area contributed by atoms with Crippen molar-refractivity contribution < 1.29 is 21.6 Å². The summed E-state index contributed by atoms with van der Waals surface area (Å²) < 4.78 is 53.6. The van der Waals surface area contributed by atoms with E-state index in [1.807, 2.05) is 6.07 Å². The van der Waals surface area contributed by atoms with Crippen molar-refractivity contribution in [1.29, 1.82) is 0 Å². The maximum atomic E-state index is 13.3. The molecular formula is C21H21N5O5S2. The molecule has 2 fully saturated rings. The van der Waals surface area contributed by atoms with Crippen LogP contribution < -0.4 is 0 Å². The molecule has 2 aliphatic heterocycles. The number of carbonyl (C=O) groups excluding carboxylic acids is 1. The monoisotopic (exact) mass is 487 g/mol. The van der Waals surface area contributed by atoms with Gasteiger partial charge in [0.25, 0.3) is 5.91 Å². The highest BCUT2D eigenvalue weighted by molar-refractivity contribution is 7.93. The Labute approximate surface area is 191 Å². The number of likely N-dealkylation sites (tertiary alicyclic amines) is 1. The molecule has 2 aromatic heterocycles. The van der Waals surface area contributed by atoms with Gasteiger partial charge in [-0.2, -0.15) is 9.40 Å². The Morgan fingerprint density at radius 3 is 2.42 bits per heavy atom. The van der Waals surface area contributed by atoms with Crippen LogP contribution in [-0.2, 0) is 19.9 Å². The Hall–Kier alpha value is -3.09. The Morgan fingerprint density at radius 2 is 1.73 bits per heavy atom. The summed E-state index contributed by atoms with van der Waals surface area (Å²) in [6.07, 6.45) is 7.37. The summed E-state index contributed by atoms with van der Waals surface area (Å²) in [4.78, 5) is 18.2. The van der Waals surface area contributed by atoms with Gasteiger partial charge in [0.15, 0.2) is 9.84 Å². The van der Waals surface area contributed by atoms with Crippen molar-refractivity contribution in [2.45, 2.75) is 15.8 Å². The topological polar surface area (TPSA) is 123 Å². The highest BCUT2D eigenvalue weighted by Gasteiger charge is 2.52. The van der Waals surface area contributed by atoms with Crippen molar-refractivity contribution in [2.24, 2.45) is 5.92 Å². The van der Waals surface area contributed by atoms with E-state index in [0.717, 1.165) is 11.9 Å². The van der Waals surface area contributed by atoms with E-state index in [0.29, 0.717) is 12.1 Å². The number of fused-ring (bicyclic) bond motifs is 1. The summed E-state index contributed by atoms with van der Waals surface area (Å²) in [6.45, 7) is 0.910. The predicted molar refractivity (Wildman–Crippen MR) is 118 cm³/mol. The third-order valence-electron chi connectivity index (χ3n) is 6.05. The molecule has 2 atom stereocenters. The minimum atomic E-state index is -4.02. The van der Waals surface area contributed by atoms with E-state index >= 15 is 0 Å². The van der Waals surface area contributed by atoms with Crippen LogP contribution in [0.15, 0.2) is 71.0 Å². The van der Waals surface area contributed by atoms with Gasteiger partial charge in [-0.1, -0.05) is 12.1 Å². The molecule has 0 aliphatic carbocycles. The molecule has 0 radical (unpaired) electrons. The second-order valence-corrected chi connectivity index (χ2v) is 12.1. The van der Waals surface area contributed by atoms with Crippen LogP contribution >= 0.6 is 0 Å². The van der Waals surface area contributed by atoms with Crippen LogP contribution in [-0.4, -0.2) is 78.6 Å². The lowest BCUT2D eigenvalue weighted by Crippen LogP contribution is -2.57. The van der Waals surface area contributed by atoms with E-state index in [1.165, 1.54) is 34.8 Å². The van der Waals surface area contributed by atoms with E-state index in [1.54, 1.807) is 34.2 Å². The van der Waals surface area contributed by atoms with Crippen LogP contribution in [0, 0.1) is 5.92 Å². The Balaban J connectivity index is 1.34. The molecular weight excluding hydrogens is 466 g/mol. The van der Waals surface area contributed by atoms with Crippen molar-refractivity contribution in [3.8, 4) is 5.69 Å². The molecule has 33 heavy (non-hydrogen) atoms. The number of pyridine rings is 1. The fourth-order valence-electron chi connectivity index (χ4n) is 4.37. The molecule has 3 aromatic rings. The van der Waals surface area contributed by atoms with E-state index in [9.17, 15) is 21.6 Å². The number of sulfone groups is 1. The SMILES string of the molecule is CS(=O)(=O)c1ccccc1S(=O)(=O)N1C[C@@H]2CN(C(=O)c3cnn(-c4cccnc4)c3)C[C@H]21. The third-order valence-corrected chi connectivity index (χ3v) is 9.29. The molecule has 2 saturated heterocycles. The summed E-state index contributed by atoms with van der Waals surface area (Å²) in [5, 5.41) is 4.23. The summed E-state index contributed by atoms with van der Waals surface area (Å²) >= 11 is 0. The predicted octanol–water partition coefficient (Wildman–Crippen LogP) is 0.816. The second kappa shape index (κ2) is 7.75. The molecule has 172 valence electrons. The first-order chi connectivity index (χ1) is 15.7. The molecule has 10 nitrogen and oxygen atoms in total. The number of hydrogen-bond acceptors (Lipinski definition) is 7. The summed E-state index contributed by atoms with van der Waals surface area (Å²) in [5.74, 6) is -0.226. The molecule has 2 aliphatic rings. The summed E-state index contributed by atoms with van der Waals surface area (Å²) in [5.41, 5.74) is 1.12. The van der Waals surface area contributed by atoms with Crippen molar-refractivity contribution in [3.05, 3.63) is 66.7 Å². The maximum Gasteiger partial charge on any atom is 0.257 e. The van der Waals surface area contributed by atoms with Crippen molar-refractivity contribution >= 4 is 25.8 Å². The Morgan fingerprint density at radius 1 is 0.970 bits per heavy atom. The number of aromatic nitrogens is 3. The average molecular weight is 488 g/mol. The van der Waals surface area contributed by atoms with Gasteiger partial charge in [-0.25, -0.2) is 21.5 Å². The first kappa shape index (κ1) is 21.7. The van der Waals surface area contributed by atoms with Crippen LogP contribution in [0.4, 0.5) is 0 Å². The number of nitrogens with zero attached hydrogens (tertiary/aromatic N) is 5. The second-order valence-electron chi connectivity index (χ2n) is 8.22. The highest BCUT2D eigenvalue weighted by Crippen LogP contribution is 2.38. The minimum Gasteiger partial charge on any atom is -0.337 e. The largest absolute Gasteiger partial charge is 0.337 e. The van der Waals surface area contributed by atoms with Crippen LogP contribution in [0.25, 0.3) is 5.69 Å². The Bertz CT molecular complexity index is 1440. The number of rotatable bonds is 5. The van der Waals surface area contributed by atoms with Crippen molar-refractivity contribution in [2.75, 3.05) is 25.9 Å². The first-order valence-electron chi connectivity index (χ1n) is 10.2. The smallest absolute Gasteiger partial charge is 0.257 e. The maximum absolute atomic E-state index is 13.3. The zero-order valence-electron chi connectivity index (χ0n) is 17.6. The van der Waals surface area contributed by atoms with E-state index in [2.05, 4.69) is 10.1 Å². The van der Waals surface area contributed by atoms with Crippen LogP contribution in [0.1, 0.15) is 10.4 Å². The molecule has 1 aromatic carbocycles. The van der Waals surface area contributed by atoms with Gasteiger partial charge in [-0.3, -0.25) is 9.78 Å². The van der Waals surface area contributed by atoms with E-state index < -0.39 is 19.9 Å². The van der Waals surface area contributed by atoms with Gasteiger partial charge in [-0.15, -0.1) is 0 Å². The fourth-order valence-corrected chi connectivity index (χ4v) is 7.71. The summed E-state index contributed by atoms with van der Waals surface area (Å²) in [7, 11) is -7.74. The number of hydrogen-bond donors (Lipinski definition) is 0. The molecule has 5 rings (SSSR count). The lowest BCUT2D eigenvalue weighted by Gasteiger charge is -2.42. The van der Waals surface area contributed by atoms with Gasteiger partial charge in [-0.05, 0) is 24.3 Å². The number of sulfonamides is 1. The van der Waals surface area contributed by atoms with Gasteiger partial charge in [0, 0.05) is 50.2 Å². The normalized spacial score (nSPS) is 20.9. The molecule has 1 amide bonds. The third kappa shape index (κ3) is 3.73. The number of amides is 1. The Kier molecular flexibility index (Phi) is 5.10. The molecule has 0 bridgehead atoms. The molecule has 0 saturated carbocycles. The quantitative estimate of drug-likeness (QED) is 0.522. The first-order valence-corrected chi connectivity index (χ1v) is 13.5. The molecule has 4 heterocycles. The number of benzene rings is 1. The van der Waals surface area contributed by atoms with Gasteiger partial charge in [0.1, 0.15) is 4.90 Å². The summed E-state index contributed by atoms with van der Waals surface area (Å²) in [6, 6.07) is 8.81. The van der Waals surface area contributed by atoms with Gasteiger partial charge >= 0.3 is 0 Å². The average Bonchev–Trinajstić information content (AvgIpc) is 3.39. The lowest BCUT2D eigenvalue weighted by atomic mass is 9.96. The molecule has 0 N–H and O–H groups in total. The van der Waals surface area contributed by atoms with Crippen LogP contribution in [0.2, 0.25) is 0 Å². The standard InChI is InChI=1S/C21H21N5O5S2/c1-32(28,29)19-6-2-3-7-20(19)33(30,31)26-13-16-11-24(14-18(16)26)21(27)15-9-23-25(12-15)17-5-4-8-22-10-17/h2-10,12,16,18H,11,13-14H2,1H3/t16-,18+/m0/s1. The fraction of sp³-hybridized carbons (Fsp3) is 0.286. The molecule has 0 unspecified atom stereocenters. The van der Waals surface area contributed by atoms with Crippen molar-refractivity contribution in [1.82, 2.24) is 24.0 Å². The lowest BCUT2D eigenvalue weighted by molar-refractivity contribution is 0.0788. The van der Waals surface area contributed by atoms with E-state index in [-0.39, 0.29) is 40.7 Å². The van der Waals surface area contributed by atoms with Gasteiger partial charge in [0.2, 0.25) is 10.0 Å². The van der Waals surface area contributed by atoms with Crippen LogP contribution in [0.3, 0.4) is 0 Å².